The summed E-state index contributed by atoms with van der Waals surface area (Å²) in [6.45, 7) is 12.7. The molecule has 3 rings (SSSR count). The zero-order chi connectivity index (χ0) is 26.7. The molecule has 4 nitrogen and oxygen atoms in total. The average molecular weight is 527 g/mol. The first kappa shape index (κ1) is 28.6. The van der Waals surface area contributed by atoms with E-state index in [1.807, 2.05) is 24.6 Å². The fraction of sp³-hybridized carbons (Fsp3) is 0.533. The Morgan fingerprint density at radius 2 is 1.11 bits per heavy atom. The highest BCUT2D eigenvalue weighted by molar-refractivity contribution is 7.98. The maximum Gasteiger partial charge on any atom is 0.128 e. The van der Waals surface area contributed by atoms with Gasteiger partial charge in [0.1, 0.15) is 11.5 Å². The Kier molecular flexibility index (Phi) is 9.26. The van der Waals surface area contributed by atoms with E-state index in [0.717, 1.165) is 57.7 Å². The van der Waals surface area contributed by atoms with Crippen LogP contribution >= 0.6 is 23.5 Å². The zero-order valence-corrected chi connectivity index (χ0v) is 24.7. The van der Waals surface area contributed by atoms with Crippen LogP contribution in [-0.2, 0) is 10.8 Å². The van der Waals surface area contributed by atoms with Gasteiger partial charge < -0.3 is 10.2 Å². The van der Waals surface area contributed by atoms with Crippen molar-refractivity contribution in [3.8, 4) is 11.5 Å². The molecular formula is C30H42N2O2S2. The van der Waals surface area contributed by atoms with Gasteiger partial charge in [0.05, 0.1) is 12.1 Å². The van der Waals surface area contributed by atoms with Crippen molar-refractivity contribution in [2.24, 2.45) is 9.98 Å². The quantitative estimate of drug-likeness (QED) is 0.296. The van der Waals surface area contributed by atoms with E-state index in [1.54, 1.807) is 23.5 Å². The van der Waals surface area contributed by atoms with Crippen molar-refractivity contribution in [3.05, 3.63) is 46.5 Å². The van der Waals surface area contributed by atoms with Crippen molar-refractivity contribution in [2.75, 3.05) is 12.5 Å². The maximum atomic E-state index is 10.9. The van der Waals surface area contributed by atoms with E-state index in [4.69, 9.17) is 9.98 Å². The molecule has 0 heterocycles. The molecule has 1 saturated carbocycles. The van der Waals surface area contributed by atoms with E-state index in [-0.39, 0.29) is 22.9 Å². The second kappa shape index (κ2) is 11.6. The van der Waals surface area contributed by atoms with Gasteiger partial charge >= 0.3 is 0 Å². The van der Waals surface area contributed by atoms with Crippen molar-refractivity contribution in [3.63, 3.8) is 0 Å². The lowest BCUT2D eigenvalue weighted by Crippen LogP contribution is -2.21. The Labute approximate surface area is 226 Å². The van der Waals surface area contributed by atoms with Gasteiger partial charge in [0, 0.05) is 44.5 Å². The molecule has 2 atom stereocenters. The number of nitrogens with zero attached hydrogens (tertiary/aromatic N) is 2. The van der Waals surface area contributed by atoms with Crippen molar-refractivity contribution in [1.82, 2.24) is 0 Å². The summed E-state index contributed by atoms with van der Waals surface area (Å²) < 4.78 is 0. The minimum Gasteiger partial charge on any atom is -0.507 e. The molecule has 36 heavy (non-hydrogen) atoms. The first-order chi connectivity index (χ1) is 16.8. The van der Waals surface area contributed by atoms with Crippen LogP contribution in [-0.4, -0.2) is 47.2 Å². The van der Waals surface area contributed by atoms with Crippen LogP contribution in [0.1, 0.15) is 89.5 Å². The fourth-order valence-electron chi connectivity index (χ4n) is 4.62. The summed E-state index contributed by atoms with van der Waals surface area (Å²) in [4.78, 5) is 12.0. The van der Waals surface area contributed by atoms with E-state index in [1.165, 1.54) is 0 Å². The third-order valence-corrected chi connectivity index (χ3v) is 8.20. The zero-order valence-electron chi connectivity index (χ0n) is 23.1. The first-order valence-electron chi connectivity index (χ1n) is 12.7. The van der Waals surface area contributed by atoms with Gasteiger partial charge in [-0.05, 0) is 73.3 Å². The third kappa shape index (κ3) is 7.10. The molecule has 2 N–H and O–H groups in total. The van der Waals surface area contributed by atoms with Crippen LogP contribution in [0, 0.1) is 0 Å². The first-order valence-corrected chi connectivity index (χ1v) is 15.2. The number of hydrogen-bond donors (Lipinski definition) is 2. The predicted molar refractivity (Wildman–Crippen MR) is 158 cm³/mol. The lowest BCUT2D eigenvalue weighted by atomic mass is 9.85. The molecule has 0 bridgehead atoms. The maximum absolute atomic E-state index is 10.9. The number of phenolic OH excluding ortho intramolecular Hbond substituents is 2. The van der Waals surface area contributed by atoms with Crippen molar-refractivity contribution < 1.29 is 10.2 Å². The fourth-order valence-corrected chi connectivity index (χ4v) is 5.58. The molecule has 0 aromatic heterocycles. The largest absolute Gasteiger partial charge is 0.507 e. The lowest BCUT2D eigenvalue weighted by molar-refractivity contribution is 0.397. The second-order valence-electron chi connectivity index (χ2n) is 11.8. The molecule has 2 unspecified atom stereocenters. The molecule has 6 heteroatoms. The summed E-state index contributed by atoms with van der Waals surface area (Å²) in [6.07, 6.45) is 11.8. The highest BCUT2D eigenvalue weighted by atomic mass is 32.2. The van der Waals surface area contributed by atoms with Crippen LogP contribution in [0.2, 0.25) is 0 Å². The molecule has 0 spiro atoms. The highest BCUT2D eigenvalue weighted by Gasteiger charge is 2.24. The normalized spacial score (nSPS) is 19.4. The number of aliphatic imine (C=N–C) groups is 2. The monoisotopic (exact) mass is 526 g/mol. The molecule has 0 amide bonds. The van der Waals surface area contributed by atoms with Crippen LogP contribution in [0.15, 0.2) is 44.0 Å². The Morgan fingerprint density at radius 3 is 1.44 bits per heavy atom. The summed E-state index contributed by atoms with van der Waals surface area (Å²) >= 11 is 3.36. The molecule has 1 aliphatic carbocycles. The van der Waals surface area contributed by atoms with E-state index >= 15 is 0 Å². The Bertz CT molecular complexity index is 1040. The van der Waals surface area contributed by atoms with Gasteiger partial charge in [0.2, 0.25) is 0 Å². The molecule has 196 valence electrons. The van der Waals surface area contributed by atoms with E-state index in [0.29, 0.717) is 11.5 Å². The van der Waals surface area contributed by atoms with Gasteiger partial charge in [0.25, 0.3) is 0 Å². The molecule has 1 aliphatic rings. The van der Waals surface area contributed by atoms with Gasteiger partial charge in [0.15, 0.2) is 0 Å². The average Bonchev–Trinajstić information content (AvgIpc) is 2.81. The Hall–Kier alpha value is -1.92. The summed E-state index contributed by atoms with van der Waals surface area (Å²) in [7, 11) is 0. The Morgan fingerprint density at radius 1 is 0.722 bits per heavy atom. The molecule has 0 radical (unpaired) electrons. The van der Waals surface area contributed by atoms with Gasteiger partial charge in [-0.15, -0.1) is 23.5 Å². The molecule has 2 aromatic rings. The van der Waals surface area contributed by atoms with Crippen LogP contribution in [0.4, 0.5) is 0 Å². The van der Waals surface area contributed by atoms with Crippen LogP contribution in [0.5, 0.6) is 11.5 Å². The molecule has 0 aliphatic heterocycles. The second-order valence-corrected chi connectivity index (χ2v) is 13.5. The number of thioether (sulfide) groups is 2. The van der Waals surface area contributed by atoms with E-state index in [2.05, 4.69) is 66.2 Å². The van der Waals surface area contributed by atoms with Gasteiger partial charge in [-0.25, -0.2) is 0 Å². The van der Waals surface area contributed by atoms with Crippen molar-refractivity contribution >= 4 is 36.0 Å². The minimum atomic E-state index is -0.144. The number of hydrogen-bond acceptors (Lipinski definition) is 6. The lowest BCUT2D eigenvalue weighted by Gasteiger charge is -2.25. The highest BCUT2D eigenvalue weighted by Crippen LogP contribution is 2.37. The van der Waals surface area contributed by atoms with Crippen molar-refractivity contribution in [2.45, 2.75) is 99.9 Å². The van der Waals surface area contributed by atoms with Crippen LogP contribution in [0.25, 0.3) is 0 Å². The van der Waals surface area contributed by atoms with Crippen LogP contribution < -0.4 is 0 Å². The summed E-state index contributed by atoms with van der Waals surface area (Å²) in [6, 6.07) is 8.54. The smallest absolute Gasteiger partial charge is 0.128 e. The topological polar surface area (TPSA) is 65.2 Å². The van der Waals surface area contributed by atoms with E-state index < -0.39 is 0 Å². The summed E-state index contributed by atoms with van der Waals surface area (Å²) in [5.74, 6) is 0.654. The standard InChI is InChI=1S/C30H42N2O2S2/c1-29(2,3)25-15-23(35-7)12-19(27(25)33)17-31-21-10-9-11-22(14-21)32-18-20-13-24(36-8)16-26(28(20)34)30(4,5)6/h12-13,15-18,21-22,33-34H,9-11,14H2,1-8H3. The minimum absolute atomic E-state index is 0.144. The predicted octanol–water partition coefficient (Wildman–Crippen LogP) is 7.99. The van der Waals surface area contributed by atoms with Gasteiger partial charge in [-0.2, -0.15) is 0 Å². The summed E-state index contributed by atoms with van der Waals surface area (Å²) in [5, 5.41) is 21.9. The van der Waals surface area contributed by atoms with E-state index in [9.17, 15) is 10.2 Å². The van der Waals surface area contributed by atoms with Crippen LogP contribution in [0.3, 0.4) is 0 Å². The molecule has 2 aromatic carbocycles. The van der Waals surface area contributed by atoms with Crippen molar-refractivity contribution in [1.29, 1.82) is 0 Å². The third-order valence-electron chi connectivity index (χ3n) is 6.78. The van der Waals surface area contributed by atoms with Gasteiger partial charge in [-0.1, -0.05) is 41.5 Å². The SMILES string of the molecule is CSc1cc(C=NC2CCCC(N=Cc3cc(SC)cc(C(C)(C)C)c3O)C2)c(O)c(C(C)(C)C)c1. The molecule has 1 fully saturated rings. The molecule has 0 saturated heterocycles. The van der Waals surface area contributed by atoms with Gasteiger partial charge in [-0.3, -0.25) is 9.98 Å². The number of aromatic hydroxyl groups is 2. The molecular weight excluding hydrogens is 484 g/mol. The number of rotatable bonds is 6. The number of benzene rings is 2. The number of phenols is 2. The summed E-state index contributed by atoms with van der Waals surface area (Å²) in [5.41, 5.74) is 3.17. The Balaban J connectivity index is 1.80.